The van der Waals surface area contributed by atoms with E-state index in [1.807, 2.05) is 31.2 Å². The number of hydrazone groups is 1. The summed E-state index contributed by atoms with van der Waals surface area (Å²) < 4.78 is 15.8. The summed E-state index contributed by atoms with van der Waals surface area (Å²) in [5, 5.41) is 7.04. The molecule has 0 aliphatic carbocycles. The summed E-state index contributed by atoms with van der Waals surface area (Å²) in [4.78, 5) is 11.9. The first-order chi connectivity index (χ1) is 12.6. The van der Waals surface area contributed by atoms with Crippen molar-refractivity contribution >= 4 is 17.8 Å². The van der Waals surface area contributed by atoms with Crippen molar-refractivity contribution in [1.29, 1.82) is 0 Å². The largest absolute Gasteiger partial charge is 0.493 e. The molecule has 0 saturated heterocycles. The van der Waals surface area contributed by atoms with Crippen LogP contribution in [-0.2, 0) is 4.79 Å². The number of hydrogen-bond donors (Lipinski definition) is 2. The van der Waals surface area contributed by atoms with Gasteiger partial charge in [-0.1, -0.05) is 18.2 Å². The quantitative estimate of drug-likeness (QED) is 0.561. The second kappa shape index (κ2) is 9.31. The third kappa shape index (κ3) is 4.89. The Labute approximate surface area is 153 Å². The zero-order valence-electron chi connectivity index (χ0n) is 15.3. The number of carbonyl (C=O) groups is 1. The fourth-order valence-electron chi connectivity index (χ4n) is 2.34. The monoisotopic (exact) mass is 357 g/mol. The van der Waals surface area contributed by atoms with Gasteiger partial charge in [-0.25, -0.2) is 5.43 Å². The van der Waals surface area contributed by atoms with E-state index in [-0.39, 0.29) is 12.5 Å². The Morgan fingerprint density at radius 2 is 1.73 bits per heavy atom. The van der Waals surface area contributed by atoms with E-state index in [0.29, 0.717) is 22.8 Å². The van der Waals surface area contributed by atoms with Gasteiger partial charge in [0.25, 0.3) is 5.91 Å². The molecule has 1 amide bonds. The molecule has 0 aromatic heterocycles. The Morgan fingerprint density at radius 3 is 2.31 bits per heavy atom. The molecule has 0 unspecified atom stereocenters. The van der Waals surface area contributed by atoms with Gasteiger partial charge in [0.2, 0.25) is 5.75 Å². The molecule has 0 saturated carbocycles. The molecule has 0 bridgehead atoms. The van der Waals surface area contributed by atoms with Crippen molar-refractivity contribution in [3.63, 3.8) is 0 Å². The van der Waals surface area contributed by atoms with Crippen LogP contribution in [0.1, 0.15) is 11.1 Å². The minimum absolute atomic E-state index is 0.122. The fraction of sp³-hybridized carbons (Fsp3) is 0.263. The number of amides is 1. The minimum atomic E-state index is -0.253. The first-order valence-corrected chi connectivity index (χ1v) is 8.00. The van der Waals surface area contributed by atoms with E-state index in [1.54, 1.807) is 12.1 Å². The van der Waals surface area contributed by atoms with Crippen molar-refractivity contribution in [3.05, 3.63) is 47.5 Å². The topological polar surface area (TPSA) is 81.2 Å². The average Bonchev–Trinajstić information content (AvgIpc) is 2.66. The molecule has 0 atom stereocenters. The highest BCUT2D eigenvalue weighted by atomic mass is 16.5. The molecule has 0 radical (unpaired) electrons. The molecule has 0 spiro atoms. The molecule has 2 rings (SSSR count). The summed E-state index contributed by atoms with van der Waals surface area (Å²) in [6.07, 6.45) is 1.51. The number of aryl methyl sites for hydroxylation is 1. The van der Waals surface area contributed by atoms with Crippen LogP contribution in [0.15, 0.2) is 41.5 Å². The SMILES string of the molecule is COc1cc(/C=N\NC(=O)CNc2ccccc2C)cc(OC)c1OC. The van der Waals surface area contributed by atoms with Crippen LogP contribution < -0.4 is 25.0 Å². The van der Waals surface area contributed by atoms with Crippen LogP contribution in [0.5, 0.6) is 17.2 Å². The van der Waals surface area contributed by atoms with E-state index < -0.39 is 0 Å². The number of ether oxygens (including phenoxy) is 3. The van der Waals surface area contributed by atoms with Gasteiger partial charge in [-0.05, 0) is 30.7 Å². The standard InChI is InChI=1S/C19H23N3O4/c1-13-7-5-6-8-15(13)20-12-18(23)22-21-11-14-9-16(24-2)19(26-4)17(10-14)25-3/h5-11,20H,12H2,1-4H3,(H,22,23)/b21-11-. The molecule has 2 aromatic carbocycles. The smallest absolute Gasteiger partial charge is 0.259 e. The molecule has 2 N–H and O–H groups in total. The number of carbonyl (C=O) groups excluding carboxylic acids is 1. The lowest BCUT2D eigenvalue weighted by Gasteiger charge is -2.12. The Morgan fingerprint density at radius 1 is 1.08 bits per heavy atom. The van der Waals surface area contributed by atoms with Crippen LogP contribution >= 0.6 is 0 Å². The maximum absolute atomic E-state index is 11.9. The molecule has 138 valence electrons. The number of methoxy groups -OCH3 is 3. The predicted octanol–water partition coefficient (Wildman–Crippen LogP) is 2.58. The van der Waals surface area contributed by atoms with Crippen LogP contribution in [0.3, 0.4) is 0 Å². The van der Waals surface area contributed by atoms with Gasteiger partial charge < -0.3 is 19.5 Å². The molecule has 0 fully saturated rings. The minimum Gasteiger partial charge on any atom is -0.493 e. The molecule has 26 heavy (non-hydrogen) atoms. The van der Waals surface area contributed by atoms with Crippen molar-refractivity contribution in [2.24, 2.45) is 5.10 Å². The lowest BCUT2D eigenvalue weighted by molar-refractivity contribution is -0.119. The van der Waals surface area contributed by atoms with Crippen LogP contribution in [0.2, 0.25) is 0 Å². The van der Waals surface area contributed by atoms with E-state index in [9.17, 15) is 4.79 Å². The van der Waals surface area contributed by atoms with Gasteiger partial charge in [-0.3, -0.25) is 4.79 Å². The van der Waals surface area contributed by atoms with E-state index in [0.717, 1.165) is 11.3 Å². The molecular formula is C19H23N3O4. The zero-order valence-corrected chi connectivity index (χ0v) is 15.3. The van der Waals surface area contributed by atoms with Gasteiger partial charge in [0.15, 0.2) is 11.5 Å². The molecule has 7 heteroatoms. The van der Waals surface area contributed by atoms with Gasteiger partial charge in [0.1, 0.15) is 0 Å². The molecule has 2 aromatic rings. The number of nitrogens with zero attached hydrogens (tertiary/aromatic N) is 1. The molecule has 0 aliphatic heterocycles. The van der Waals surface area contributed by atoms with E-state index in [2.05, 4.69) is 15.8 Å². The first-order valence-electron chi connectivity index (χ1n) is 8.00. The highest BCUT2D eigenvalue weighted by Crippen LogP contribution is 2.37. The van der Waals surface area contributed by atoms with Crippen molar-refractivity contribution < 1.29 is 19.0 Å². The van der Waals surface area contributed by atoms with Gasteiger partial charge >= 0.3 is 0 Å². The lowest BCUT2D eigenvalue weighted by atomic mass is 10.2. The highest BCUT2D eigenvalue weighted by Gasteiger charge is 2.12. The summed E-state index contributed by atoms with van der Waals surface area (Å²) in [6.45, 7) is 2.10. The first kappa shape index (κ1) is 19.1. The number of nitrogens with one attached hydrogen (secondary N) is 2. The van der Waals surface area contributed by atoms with Crippen molar-refractivity contribution in [2.75, 3.05) is 33.2 Å². The molecular weight excluding hydrogens is 334 g/mol. The zero-order chi connectivity index (χ0) is 18.9. The third-order valence-electron chi connectivity index (χ3n) is 3.67. The van der Waals surface area contributed by atoms with Crippen LogP contribution in [0, 0.1) is 6.92 Å². The Hall–Kier alpha value is -3.22. The summed E-state index contributed by atoms with van der Waals surface area (Å²) in [5.74, 6) is 1.28. The maximum atomic E-state index is 11.9. The maximum Gasteiger partial charge on any atom is 0.259 e. The Bertz CT molecular complexity index is 765. The summed E-state index contributed by atoms with van der Waals surface area (Å²) in [5.41, 5.74) is 5.16. The van der Waals surface area contributed by atoms with E-state index in [4.69, 9.17) is 14.2 Å². The Kier molecular flexibility index (Phi) is 6.84. The van der Waals surface area contributed by atoms with E-state index in [1.165, 1.54) is 27.5 Å². The van der Waals surface area contributed by atoms with Gasteiger partial charge in [0.05, 0.1) is 34.1 Å². The number of para-hydroxylation sites is 1. The van der Waals surface area contributed by atoms with Gasteiger partial charge in [-0.15, -0.1) is 0 Å². The van der Waals surface area contributed by atoms with Gasteiger partial charge in [0, 0.05) is 11.3 Å². The number of rotatable bonds is 8. The van der Waals surface area contributed by atoms with Gasteiger partial charge in [-0.2, -0.15) is 5.10 Å². The molecule has 7 nitrogen and oxygen atoms in total. The number of hydrogen-bond acceptors (Lipinski definition) is 6. The average molecular weight is 357 g/mol. The van der Waals surface area contributed by atoms with Crippen molar-refractivity contribution in [3.8, 4) is 17.2 Å². The van der Waals surface area contributed by atoms with Crippen LogP contribution in [0.4, 0.5) is 5.69 Å². The molecule has 0 heterocycles. The Balaban J connectivity index is 1.97. The second-order valence-corrected chi connectivity index (χ2v) is 5.42. The second-order valence-electron chi connectivity index (χ2n) is 5.42. The fourth-order valence-corrected chi connectivity index (χ4v) is 2.34. The van der Waals surface area contributed by atoms with Crippen molar-refractivity contribution in [1.82, 2.24) is 5.43 Å². The number of anilines is 1. The van der Waals surface area contributed by atoms with Crippen molar-refractivity contribution in [2.45, 2.75) is 6.92 Å². The summed E-state index contributed by atoms with van der Waals surface area (Å²) in [7, 11) is 4.62. The number of benzene rings is 2. The highest BCUT2D eigenvalue weighted by molar-refractivity contribution is 5.85. The lowest BCUT2D eigenvalue weighted by Crippen LogP contribution is -2.26. The summed E-state index contributed by atoms with van der Waals surface area (Å²) >= 11 is 0. The predicted molar refractivity (Wildman–Crippen MR) is 102 cm³/mol. The third-order valence-corrected chi connectivity index (χ3v) is 3.67. The van der Waals surface area contributed by atoms with E-state index >= 15 is 0 Å². The summed E-state index contributed by atoms with van der Waals surface area (Å²) in [6, 6.07) is 11.2. The normalized spacial score (nSPS) is 10.5. The van der Waals surface area contributed by atoms with Crippen LogP contribution in [0.25, 0.3) is 0 Å². The molecule has 0 aliphatic rings. The van der Waals surface area contributed by atoms with Crippen LogP contribution in [-0.4, -0.2) is 40.0 Å².